The summed E-state index contributed by atoms with van der Waals surface area (Å²) in [5, 5.41) is 7.07. The molecule has 2 rings (SSSR count). The number of halogens is 1. The first-order valence-corrected chi connectivity index (χ1v) is 5.88. The van der Waals surface area contributed by atoms with Gasteiger partial charge in [-0.2, -0.15) is 0 Å². The second kappa shape index (κ2) is 4.18. The number of hydrogen-bond donors (Lipinski definition) is 2. The predicted molar refractivity (Wildman–Crippen MR) is 65.8 cm³/mol. The minimum Gasteiger partial charge on any atom is -0.350 e. The van der Waals surface area contributed by atoms with E-state index in [0.717, 1.165) is 30.8 Å². The van der Waals surface area contributed by atoms with Crippen LogP contribution in [0.3, 0.4) is 0 Å². The summed E-state index contributed by atoms with van der Waals surface area (Å²) < 4.78 is 0. The molecule has 0 atom stereocenters. The molecule has 0 amide bonds. The van der Waals surface area contributed by atoms with E-state index in [-0.39, 0.29) is 5.54 Å². The smallest absolute Gasteiger partial charge is 0.224 e. The Kier molecular flexibility index (Phi) is 3.04. The number of anilines is 1. The first-order chi connectivity index (χ1) is 7.46. The van der Waals surface area contributed by atoms with Crippen LogP contribution in [0.4, 0.5) is 5.95 Å². The molecule has 0 spiro atoms. The molecule has 16 heavy (non-hydrogen) atoms. The maximum absolute atomic E-state index is 6.15. The van der Waals surface area contributed by atoms with Gasteiger partial charge in [0.05, 0.1) is 5.69 Å². The van der Waals surface area contributed by atoms with Crippen LogP contribution in [0.25, 0.3) is 0 Å². The third kappa shape index (κ3) is 2.62. The summed E-state index contributed by atoms with van der Waals surface area (Å²) >= 11 is 6.15. The average Bonchev–Trinajstić information content (AvgIpc) is 2.15. The molecule has 0 aromatic carbocycles. The molecule has 1 aliphatic heterocycles. The quantitative estimate of drug-likeness (QED) is 0.738. The molecular formula is C11H17ClN4. The van der Waals surface area contributed by atoms with E-state index in [0.29, 0.717) is 11.1 Å². The van der Waals surface area contributed by atoms with Gasteiger partial charge in [-0.3, -0.25) is 0 Å². The van der Waals surface area contributed by atoms with E-state index in [1.165, 1.54) is 0 Å². The van der Waals surface area contributed by atoms with Gasteiger partial charge in [0.15, 0.2) is 0 Å². The van der Waals surface area contributed by atoms with Crippen molar-refractivity contribution < 1.29 is 0 Å². The average molecular weight is 241 g/mol. The Labute approximate surface area is 101 Å². The number of hydrogen-bond acceptors (Lipinski definition) is 4. The summed E-state index contributed by atoms with van der Waals surface area (Å²) in [6, 6.07) is 0. The van der Waals surface area contributed by atoms with Gasteiger partial charge in [-0.05, 0) is 20.8 Å². The second-order valence-corrected chi connectivity index (χ2v) is 5.42. The summed E-state index contributed by atoms with van der Waals surface area (Å²) in [4.78, 5) is 8.79. The lowest BCUT2D eigenvalue weighted by Crippen LogP contribution is -2.30. The van der Waals surface area contributed by atoms with Crippen molar-refractivity contribution in [2.75, 3.05) is 11.9 Å². The number of nitrogens with one attached hydrogen (secondary N) is 2. The van der Waals surface area contributed by atoms with Crippen LogP contribution in [0.1, 0.15) is 32.0 Å². The molecule has 1 aromatic heterocycles. The molecule has 88 valence electrons. The fraction of sp³-hybridized carbons (Fsp3) is 0.636. The lowest BCUT2D eigenvalue weighted by Gasteiger charge is -2.23. The first kappa shape index (κ1) is 11.6. The molecule has 4 nitrogen and oxygen atoms in total. The van der Waals surface area contributed by atoms with Gasteiger partial charge in [0.1, 0.15) is 5.15 Å². The Bertz CT molecular complexity index is 398. The molecule has 0 bridgehead atoms. The maximum atomic E-state index is 6.15. The Morgan fingerprint density at radius 3 is 2.75 bits per heavy atom. The van der Waals surface area contributed by atoms with Gasteiger partial charge in [0.2, 0.25) is 5.95 Å². The third-order valence-corrected chi connectivity index (χ3v) is 2.68. The monoisotopic (exact) mass is 240 g/mol. The number of rotatable bonds is 1. The van der Waals surface area contributed by atoms with Crippen LogP contribution in [-0.2, 0) is 13.0 Å². The van der Waals surface area contributed by atoms with Crippen LogP contribution in [0.5, 0.6) is 0 Å². The van der Waals surface area contributed by atoms with Crippen molar-refractivity contribution in [1.82, 2.24) is 15.3 Å². The third-order valence-electron chi connectivity index (χ3n) is 2.37. The highest BCUT2D eigenvalue weighted by atomic mass is 35.5. The molecule has 1 aliphatic rings. The van der Waals surface area contributed by atoms with Gasteiger partial charge in [0, 0.05) is 30.6 Å². The molecule has 1 aromatic rings. The molecular weight excluding hydrogens is 224 g/mol. The molecule has 0 saturated heterocycles. The second-order valence-electron chi connectivity index (χ2n) is 5.07. The predicted octanol–water partition coefficient (Wildman–Crippen LogP) is 1.99. The van der Waals surface area contributed by atoms with E-state index in [1.807, 2.05) is 0 Å². The molecule has 5 heteroatoms. The minimum absolute atomic E-state index is 0.0511. The fourth-order valence-corrected chi connectivity index (χ4v) is 1.95. The van der Waals surface area contributed by atoms with Gasteiger partial charge >= 0.3 is 0 Å². The van der Waals surface area contributed by atoms with E-state index in [4.69, 9.17) is 11.6 Å². The SMILES string of the molecule is CC(C)(C)Nc1nc(Cl)c2c(n1)CCNC2. The van der Waals surface area contributed by atoms with Crippen LogP contribution in [0, 0.1) is 0 Å². The van der Waals surface area contributed by atoms with Crippen LogP contribution in [-0.4, -0.2) is 22.1 Å². The van der Waals surface area contributed by atoms with Crippen molar-refractivity contribution in [2.45, 2.75) is 39.3 Å². The van der Waals surface area contributed by atoms with Crippen molar-refractivity contribution in [1.29, 1.82) is 0 Å². The Morgan fingerprint density at radius 1 is 1.31 bits per heavy atom. The van der Waals surface area contributed by atoms with Crippen LogP contribution >= 0.6 is 11.6 Å². The number of aromatic nitrogens is 2. The zero-order valence-electron chi connectivity index (χ0n) is 9.89. The zero-order valence-corrected chi connectivity index (χ0v) is 10.6. The normalized spacial score (nSPS) is 15.8. The summed E-state index contributed by atoms with van der Waals surface area (Å²) in [5.41, 5.74) is 2.04. The highest BCUT2D eigenvalue weighted by molar-refractivity contribution is 6.30. The van der Waals surface area contributed by atoms with Crippen molar-refractivity contribution in [3.8, 4) is 0 Å². The standard InChI is InChI=1S/C11H17ClN4/c1-11(2,3)16-10-14-8-4-5-13-6-7(8)9(12)15-10/h13H,4-6H2,1-3H3,(H,14,15,16). The Hall–Kier alpha value is -0.870. The van der Waals surface area contributed by atoms with Crippen molar-refractivity contribution in [3.05, 3.63) is 16.4 Å². The fourth-order valence-electron chi connectivity index (χ4n) is 1.69. The summed E-state index contributed by atoms with van der Waals surface area (Å²) in [7, 11) is 0. The van der Waals surface area contributed by atoms with E-state index in [1.54, 1.807) is 0 Å². The lowest BCUT2D eigenvalue weighted by atomic mass is 10.1. The van der Waals surface area contributed by atoms with Crippen LogP contribution in [0.2, 0.25) is 5.15 Å². The summed E-state index contributed by atoms with van der Waals surface area (Å²) in [6.45, 7) is 7.95. The summed E-state index contributed by atoms with van der Waals surface area (Å²) in [6.07, 6.45) is 0.913. The maximum Gasteiger partial charge on any atom is 0.224 e. The molecule has 2 heterocycles. The minimum atomic E-state index is -0.0511. The Balaban J connectivity index is 2.32. The topological polar surface area (TPSA) is 49.8 Å². The van der Waals surface area contributed by atoms with E-state index >= 15 is 0 Å². The van der Waals surface area contributed by atoms with Crippen molar-refractivity contribution in [3.63, 3.8) is 0 Å². The molecule has 2 N–H and O–H groups in total. The van der Waals surface area contributed by atoms with E-state index in [2.05, 4.69) is 41.4 Å². The highest BCUT2D eigenvalue weighted by Gasteiger charge is 2.18. The molecule has 0 saturated carbocycles. The van der Waals surface area contributed by atoms with Crippen molar-refractivity contribution in [2.24, 2.45) is 0 Å². The van der Waals surface area contributed by atoms with Crippen molar-refractivity contribution >= 4 is 17.5 Å². The zero-order chi connectivity index (χ0) is 11.8. The van der Waals surface area contributed by atoms with Gasteiger partial charge in [0.25, 0.3) is 0 Å². The van der Waals surface area contributed by atoms with Gasteiger partial charge < -0.3 is 10.6 Å². The van der Waals surface area contributed by atoms with Gasteiger partial charge in [-0.15, -0.1) is 0 Å². The lowest BCUT2D eigenvalue weighted by molar-refractivity contribution is 0.609. The highest BCUT2D eigenvalue weighted by Crippen LogP contribution is 2.22. The number of fused-ring (bicyclic) bond motifs is 1. The largest absolute Gasteiger partial charge is 0.350 e. The van der Waals surface area contributed by atoms with Crippen LogP contribution < -0.4 is 10.6 Å². The Morgan fingerprint density at radius 2 is 2.06 bits per heavy atom. The first-order valence-electron chi connectivity index (χ1n) is 5.50. The molecule has 0 aliphatic carbocycles. The van der Waals surface area contributed by atoms with Gasteiger partial charge in [-0.25, -0.2) is 9.97 Å². The molecule has 0 radical (unpaired) electrons. The van der Waals surface area contributed by atoms with E-state index < -0.39 is 0 Å². The van der Waals surface area contributed by atoms with Crippen LogP contribution in [0.15, 0.2) is 0 Å². The van der Waals surface area contributed by atoms with E-state index in [9.17, 15) is 0 Å². The molecule has 0 unspecified atom stereocenters. The van der Waals surface area contributed by atoms with Gasteiger partial charge in [-0.1, -0.05) is 11.6 Å². The number of nitrogens with zero attached hydrogens (tertiary/aromatic N) is 2. The summed E-state index contributed by atoms with van der Waals surface area (Å²) in [5.74, 6) is 0.623. The molecule has 0 fully saturated rings.